The van der Waals surface area contributed by atoms with Gasteiger partial charge in [-0.2, -0.15) is 0 Å². The van der Waals surface area contributed by atoms with Crippen LogP contribution in [0.5, 0.6) is 5.75 Å². The van der Waals surface area contributed by atoms with Crippen molar-refractivity contribution >= 4 is 17.5 Å². The van der Waals surface area contributed by atoms with Gasteiger partial charge in [-0.3, -0.25) is 4.79 Å². The van der Waals surface area contributed by atoms with Crippen LogP contribution in [0.25, 0.3) is 10.4 Å². The number of nitrogens with one attached hydrogen (secondary N) is 1. The summed E-state index contributed by atoms with van der Waals surface area (Å²) in [4.78, 5) is 22.2. The lowest BCUT2D eigenvalue weighted by molar-refractivity contribution is -0.128. The molecule has 4 aromatic rings. The van der Waals surface area contributed by atoms with E-state index in [4.69, 9.17) is 19.6 Å². The van der Waals surface area contributed by atoms with Crippen molar-refractivity contribution in [2.24, 2.45) is 10.1 Å². The van der Waals surface area contributed by atoms with Crippen molar-refractivity contribution in [2.75, 3.05) is 19.8 Å². The topological polar surface area (TPSA) is 129 Å². The summed E-state index contributed by atoms with van der Waals surface area (Å²) in [7, 11) is 0. The molecule has 1 heterocycles. The van der Waals surface area contributed by atoms with Gasteiger partial charge in [-0.15, -0.1) is 0 Å². The minimum atomic E-state index is -1.55. The second kappa shape index (κ2) is 14.5. The fourth-order valence-corrected chi connectivity index (χ4v) is 5.24. The van der Waals surface area contributed by atoms with Crippen molar-refractivity contribution in [2.45, 2.75) is 30.9 Å². The molecule has 2 atom stereocenters. The molecule has 9 nitrogen and oxygen atoms in total. The molecule has 0 spiro atoms. The number of hydrogen-bond donors (Lipinski definition) is 2. The molecule has 0 saturated heterocycles. The quantitative estimate of drug-likeness (QED) is 0.0771. The van der Waals surface area contributed by atoms with Crippen LogP contribution in [0.3, 0.4) is 0 Å². The first kappa shape index (κ1) is 31.2. The Morgan fingerprint density at radius 2 is 1.73 bits per heavy atom. The zero-order valence-electron chi connectivity index (χ0n) is 24.3. The Labute approximate surface area is 258 Å². The maximum absolute atomic E-state index is 14.3. The first-order chi connectivity index (χ1) is 21.9. The van der Waals surface area contributed by atoms with Gasteiger partial charge in [0.15, 0.2) is 11.6 Å². The highest BCUT2D eigenvalue weighted by Crippen LogP contribution is 2.43. The number of amides is 1. The largest absolute Gasteiger partial charge is 0.494 e. The van der Waals surface area contributed by atoms with Gasteiger partial charge in [0.2, 0.25) is 5.90 Å². The van der Waals surface area contributed by atoms with E-state index < -0.39 is 29.2 Å². The fraction of sp³-hybridized carbons (Fsp3) is 0.235. The van der Waals surface area contributed by atoms with Crippen LogP contribution in [0, 0.1) is 11.6 Å². The van der Waals surface area contributed by atoms with Gasteiger partial charge in [0.05, 0.1) is 6.61 Å². The maximum Gasteiger partial charge on any atom is 0.252 e. The molecule has 45 heavy (non-hydrogen) atoms. The summed E-state index contributed by atoms with van der Waals surface area (Å²) >= 11 is 0. The summed E-state index contributed by atoms with van der Waals surface area (Å²) in [6.07, 6.45) is -0.176. The van der Waals surface area contributed by atoms with Crippen LogP contribution in [0.4, 0.5) is 14.5 Å². The second-order valence-corrected chi connectivity index (χ2v) is 10.5. The Morgan fingerprint density at radius 1 is 1.02 bits per heavy atom. The van der Waals surface area contributed by atoms with Crippen molar-refractivity contribution in [3.63, 3.8) is 0 Å². The third kappa shape index (κ3) is 7.46. The zero-order chi connectivity index (χ0) is 31.6. The Kier molecular flexibility index (Phi) is 10.0. The summed E-state index contributed by atoms with van der Waals surface area (Å²) in [6, 6.07) is 26.5. The van der Waals surface area contributed by atoms with Crippen LogP contribution >= 0.6 is 0 Å². The summed E-state index contributed by atoms with van der Waals surface area (Å²) in [5.41, 5.74) is 10.3. The lowest BCUT2D eigenvalue weighted by Gasteiger charge is -2.31. The van der Waals surface area contributed by atoms with E-state index in [1.54, 1.807) is 48.5 Å². The summed E-state index contributed by atoms with van der Waals surface area (Å²) in [5, 5.41) is 15.8. The number of benzene rings is 4. The monoisotopic (exact) mass is 611 g/mol. The van der Waals surface area contributed by atoms with Gasteiger partial charge in [-0.05, 0) is 65.0 Å². The molecule has 2 N–H and O–H groups in total. The number of rotatable bonds is 13. The molecule has 1 amide bonds. The number of aliphatic hydroxyl groups is 1. The molecule has 0 saturated carbocycles. The molecule has 0 unspecified atom stereocenters. The molecule has 4 aromatic carbocycles. The van der Waals surface area contributed by atoms with Crippen LogP contribution < -0.4 is 10.1 Å². The molecule has 11 heteroatoms. The first-order valence-electron chi connectivity index (χ1n) is 14.4. The standard InChI is InChI=1S/C34H31F2N5O4/c35-27-19-23(20-28(36)21-27)15-16-38-33(43)34(22-26-9-4-5-10-30(26)40-41-37)31(24-7-2-1-3-8-24)45-32(39-34)25-11-13-29(14-12-25)44-18-6-17-42/h1-5,7-14,19-21,31,42H,6,15-18,22H2,(H,38,43)/t31-,34-/m1/s1. The molecule has 0 radical (unpaired) electrons. The molecular weight excluding hydrogens is 580 g/mol. The Morgan fingerprint density at radius 3 is 2.44 bits per heavy atom. The average Bonchev–Trinajstić information content (AvgIpc) is 3.43. The van der Waals surface area contributed by atoms with E-state index in [-0.39, 0.29) is 31.9 Å². The fourth-order valence-electron chi connectivity index (χ4n) is 5.24. The highest BCUT2D eigenvalue weighted by atomic mass is 19.1. The van der Waals surface area contributed by atoms with Crippen molar-refractivity contribution in [3.05, 3.63) is 141 Å². The molecule has 0 aliphatic carbocycles. The third-order valence-electron chi connectivity index (χ3n) is 7.36. The van der Waals surface area contributed by atoms with E-state index in [2.05, 4.69) is 15.3 Å². The summed E-state index contributed by atoms with van der Waals surface area (Å²) in [5.74, 6) is -1.03. The third-order valence-corrected chi connectivity index (χ3v) is 7.36. The summed E-state index contributed by atoms with van der Waals surface area (Å²) < 4.78 is 39.7. The summed E-state index contributed by atoms with van der Waals surface area (Å²) in [6.45, 7) is 0.461. The van der Waals surface area contributed by atoms with Gasteiger partial charge in [-0.1, -0.05) is 59.7 Å². The van der Waals surface area contributed by atoms with Gasteiger partial charge in [0, 0.05) is 48.2 Å². The highest BCUT2D eigenvalue weighted by molar-refractivity contribution is 6.01. The number of aliphatic hydroxyl groups excluding tert-OH is 1. The van der Waals surface area contributed by atoms with Gasteiger partial charge in [0.1, 0.15) is 17.4 Å². The Bertz CT molecular complexity index is 1690. The predicted molar refractivity (Wildman–Crippen MR) is 165 cm³/mol. The zero-order valence-corrected chi connectivity index (χ0v) is 24.3. The number of carbonyl (C=O) groups excluding carboxylic acids is 1. The number of aliphatic imine (C=N–C) groups is 1. The normalized spacial score (nSPS) is 17.1. The minimum Gasteiger partial charge on any atom is -0.494 e. The second-order valence-electron chi connectivity index (χ2n) is 10.5. The molecular formula is C34H31F2N5O4. The van der Waals surface area contributed by atoms with E-state index in [0.717, 1.165) is 6.07 Å². The minimum absolute atomic E-state index is 0.0219. The van der Waals surface area contributed by atoms with Crippen LogP contribution in [0.15, 0.2) is 107 Å². The van der Waals surface area contributed by atoms with Crippen molar-refractivity contribution < 1.29 is 28.2 Å². The van der Waals surface area contributed by atoms with E-state index >= 15 is 0 Å². The van der Waals surface area contributed by atoms with Gasteiger partial charge in [-0.25, -0.2) is 13.8 Å². The first-order valence-corrected chi connectivity index (χ1v) is 14.4. The van der Waals surface area contributed by atoms with Gasteiger partial charge >= 0.3 is 0 Å². The molecule has 0 fully saturated rings. The maximum atomic E-state index is 14.3. The molecule has 230 valence electrons. The molecule has 1 aliphatic rings. The lowest BCUT2D eigenvalue weighted by atomic mass is 9.81. The number of nitrogens with zero attached hydrogens (tertiary/aromatic N) is 4. The van der Waals surface area contributed by atoms with Gasteiger partial charge in [0.25, 0.3) is 5.91 Å². The van der Waals surface area contributed by atoms with E-state index in [1.165, 1.54) is 12.1 Å². The number of azide groups is 1. The number of carbonyl (C=O) groups is 1. The van der Waals surface area contributed by atoms with Crippen LogP contribution in [0.1, 0.15) is 34.8 Å². The molecule has 5 rings (SSSR count). The Hall–Kier alpha value is -5.25. The molecule has 0 bridgehead atoms. The highest BCUT2D eigenvalue weighted by Gasteiger charge is 2.53. The van der Waals surface area contributed by atoms with Crippen molar-refractivity contribution in [3.8, 4) is 5.75 Å². The molecule has 0 aromatic heterocycles. The van der Waals surface area contributed by atoms with Crippen LogP contribution in [-0.2, 0) is 22.4 Å². The predicted octanol–water partition coefficient (Wildman–Crippen LogP) is 6.53. The number of hydrogen-bond acceptors (Lipinski definition) is 6. The van der Waals surface area contributed by atoms with Crippen molar-refractivity contribution in [1.82, 2.24) is 5.32 Å². The number of halogens is 2. The number of ether oxygens (including phenoxy) is 2. The van der Waals surface area contributed by atoms with E-state index in [9.17, 15) is 19.1 Å². The smallest absolute Gasteiger partial charge is 0.252 e. The van der Waals surface area contributed by atoms with Crippen LogP contribution in [-0.4, -0.2) is 42.2 Å². The average molecular weight is 612 g/mol. The van der Waals surface area contributed by atoms with Crippen LogP contribution in [0.2, 0.25) is 0 Å². The van der Waals surface area contributed by atoms with Gasteiger partial charge < -0.3 is 19.9 Å². The molecule has 1 aliphatic heterocycles. The Balaban J connectivity index is 1.54. The SMILES string of the molecule is [N-]=[N+]=Nc1ccccc1C[C@@]1(C(=O)NCCc2cc(F)cc(F)c2)N=C(c2ccc(OCCCO)cc2)O[C@@H]1c1ccccc1. The van der Waals surface area contributed by atoms with E-state index in [1.807, 2.05) is 30.3 Å². The lowest BCUT2D eigenvalue weighted by Crippen LogP contribution is -2.50. The van der Waals surface area contributed by atoms with E-state index in [0.29, 0.717) is 46.7 Å². The van der Waals surface area contributed by atoms with Crippen molar-refractivity contribution in [1.29, 1.82) is 0 Å².